The number of ether oxygens (including phenoxy) is 5. The van der Waals surface area contributed by atoms with Gasteiger partial charge >= 0.3 is 5.97 Å². The van der Waals surface area contributed by atoms with Gasteiger partial charge in [0, 0.05) is 9.13 Å². The Balaban J connectivity index is 1.49. The maximum Gasteiger partial charge on any atom is 0.338 e. The molecule has 258 valence electrons. The fourth-order valence-corrected chi connectivity index (χ4v) is 7.68. The third-order valence-electron chi connectivity index (χ3n) is 8.19. The Morgan fingerprint density at radius 1 is 1.00 bits per heavy atom. The van der Waals surface area contributed by atoms with Gasteiger partial charge in [-0.05, 0) is 103 Å². The number of halogens is 1. The minimum absolute atomic E-state index is 0.0785. The van der Waals surface area contributed by atoms with Crippen LogP contribution in [0.4, 0.5) is 0 Å². The van der Waals surface area contributed by atoms with E-state index in [1.54, 1.807) is 50.8 Å². The summed E-state index contributed by atoms with van der Waals surface area (Å²) in [5, 5.41) is 2.22. The van der Waals surface area contributed by atoms with Crippen molar-refractivity contribution < 1.29 is 28.5 Å². The van der Waals surface area contributed by atoms with Gasteiger partial charge in [-0.25, -0.2) is 9.79 Å². The van der Waals surface area contributed by atoms with Crippen LogP contribution in [0.3, 0.4) is 0 Å². The van der Waals surface area contributed by atoms with Gasteiger partial charge in [-0.2, -0.15) is 0 Å². The van der Waals surface area contributed by atoms with Crippen LogP contribution in [-0.4, -0.2) is 37.5 Å². The highest BCUT2D eigenvalue weighted by molar-refractivity contribution is 14.1. The molecule has 1 aliphatic heterocycles. The molecule has 0 unspecified atom stereocenters. The zero-order valence-electron chi connectivity index (χ0n) is 28.6. The van der Waals surface area contributed by atoms with Crippen molar-refractivity contribution in [2.45, 2.75) is 46.4 Å². The summed E-state index contributed by atoms with van der Waals surface area (Å²) in [5.74, 6) is 1.55. The summed E-state index contributed by atoms with van der Waals surface area (Å²) < 4.78 is 32.2. The van der Waals surface area contributed by atoms with E-state index in [2.05, 4.69) is 40.8 Å². The van der Waals surface area contributed by atoms with Gasteiger partial charge in [0.2, 0.25) is 0 Å². The second-order valence-corrected chi connectivity index (χ2v) is 14.1. The number of fused-ring (bicyclic) bond motifs is 2. The summed E-state index contributed by atoms with van der Waals surface area (Å²) in [7, 11) is 3.15. The number of nitrogens with zero attached hydrogens (tertiary/aromatic N) is 2. The Labute approximate surface area is 307 Å². The lowest BCUT2D eigenvalue weighted by molar-refractivity contribution is -0.139. The fraction of sp³-hybridized carbons (Fsp3) is 0.256. The predicted octanol–water partition coefficient (Wildman–Crippen LogP) is 6.94. The van der Waals surface area contributed by atoms with E-state index in [1.807, 2.05) is 56.3 Å². The van der Waals surface area contributed by atoms with Crippen LogP contribution in [0.15, 0.2) is 93.9 Å². The van der Waals surface area contributed by atoms with E-state index in [0.29, 0.717) is 55.8 Å². The van der Waals surface area contributed by atoms with Gasteiger partial charge in [-0.1, -0.05) is 59.9 Å². The first-order valence-corrected chi connectivity index (χ1v) is 18.0. The smallest absolute Gasteiger partial charge is 0.338 e. The second-order valence-electron chi connectivity index (χ2n) is 11.8. The predicted molar refractivity (Wildman–Crippen MR) is 203 cm³/mol. The van der Waals surface area contributed by atoms with E-state index in [9.17, 15) is 9.59 Å². The SMILES string of the molecule is CCOC(=O)C1=C(C)N=c2s/c(=C/c3cc(I)cc(OC)c3OCc3cccc4ccccc34)c(=O)n2[C@@H]1c1ccc(OC(C)C)c(OC)c1. The maximum atomic E-state index is 14.5. The average molecular weight is 805 g/mol. The molecule has 6 rings (SSSR count). The lowest BCUT2D eigenvalue weighted by Gasteiger charge is -2.25. The van der Waals surface area contributed by atoms with E-state index in [4.69, 9.17) is 28.7 Å². The van der Waals surface area contributed by atoms with Gasteiger partial charge in [-0.15, -0.1) is 0 Å². The van der Waals surface area contributed by atoms with Gasteiger partial charge in [0.25, 0.3) is 5.56 Å². The number of thiazole rings is 1. The average Bonchev–Trinajstić information content (AvgIpc) is 3.40. The summed E-state index contributed by atoms with van der Waals surface area (Å²) in [6, 6.07) is 22.7. The van der Waals surface area contributed by atoms with Gasteiger partial charge < -0.3 is 23.7 Å². The Kier molecular flexibility index (Phi) is 10.6. The maximum absolute atomic E-state index is 14.5. The Hall–Kier alpha value is -4.62. The lowest BCUT2D eigenvalue weighted by atomic mass is 9.95. The monoisotopic (exact) mass is 804 g/mol. The number of carbonyl (C=O) groups is 1. The summed E-state index contributed by atoms with van der Waals surface area (Å²) in [6.45, 7) is 7.83. The number of carbonyl (C=O) groups excluding carboxylic acids is 1. The van der Waals surface area contributed by atoms with E-state index in [1.165, 1.54) is 11.3 Å². The molecule has 0 fully saturated rings. The molecule has 4 aromatic carbocycles. The number of methoxy groups -OCH3 is 2. The summed E-state index contributed by atoms with van der Waals surface area (Å²) in [5.41, 5.74) is 2.79. The number of benzene rings is 4. The number of rotatable bonds is 11. The highest BCUT2D eigenvalue weighted by Crippen LogP contribution is 2.38. The van der Waals surface area contributed by atoms with Gasteiger partial charge in [0.15, 0.2) is 27.8 Å². The van der Waals surface area contributed by atoms with Gasteiger partial charge in [0.05, 0.1) is 48.8 Å². The number of allylic oxidation sites excluding steroid dienone is 1. The zero-order valence-corrected chi connectivity index (χ0v) is 31.6. The van der Waals surface area contributed by atoms with Gasteiger partial charge in [-0.3, -0.25) is 9.36 Å². The minimum Gasteiger partial charge on any atom is -0.493 e. The Morgan fingerprint density at radius 2 is 1.76 bits per heavy atom. The van der Waals surface area contributed by atoms with Crippen molar-refractivity contribution in [3.8, 4) is 23.0 Å². The zero-order chi connectivity index (χ0) is 35.5. The van der Waals surface area contributed by atoms with E-state index < -0.39 is 12.0 Å². The summed E-state index contributed by atoms with van der Waals surface area (Å²) in [6.07, 6.45) is 1.72. The van der Waals surface area contributed by atoms with Crippen LogP contribution in [-0.2, 0) is 16.1 Å². The molecular weight excluding hydrogens is 767 g/mol. The van der Waals surface area contributed by atoms with Crippen molar-refractivity contribution in [2.24, 2.45) is 4.99 Å². The molecular formula is C39H37IN2O7S. The Morgan fingerprint density at radius 3 is 2.50 bits per heavy atom. The molecule has 0 amide bonds. The fourth-order valence-electron chi connectivity index (χ4n) is 6.02. The number of aromatic nitrogens is 1. The van der Waals surface area contributed by atoms with Crippen LogP contribution in [0, 0.1) is 3.57 Å². The molecule has 50 heavy (non-hydrogen) atoms. The van der Waals surface area contributed by atoms with Crippen molar-refractivity contribution in [3.63, 3.8) is 0 Å². The molecule has 0 aliphatic carbocycles. The van der Waals surface area contributed by atoms with Gasteiger partial charge in [0.1, 0.15) is 6.61 Å². The number of esters is 1. The van der Waals surface area contributed by atoms with Crippen LogP contribution in [0.1, 0.15) is 50.4 Å². The van der Waals surface area contributed by atoms with Crippen LogP contribution in [0.2, 0.25) is 0 Å². The van der Waals surface area contributed by atoms with Crippen molar-refractivity contribution in [1.29, 1.82) is 0 Å². The van der Waals surface area contributed by atoms with Crippen molar-refractivity contribution in [1.82, 2.24) is 4.57 Å². The molecule has 2 heterocycles. The van der Waals surface area contributed by atoms with E-state index in [0.717, 1.165) is 19.9 Å². The first kappa shape index (κ1) is 35.2. The van der Waals surface area contributed by atoms with E-state index in [-0.39, 0.29) is 23.8 Å². The van der Waals surface area contributed by atoms with Crippen molar-refractivity contribution in [3.05, 3.63) is 124 Å². The second kappa shape index (κ2) is 15.1. The van der Waals surface area contributed by atoms with Crippen molar-refractivity contribution in [2.75, 3.05) is 20.8 Å². The molecule has 0 spiro atoms. The molecule has 9 nitrogen and oxygen atoms in total. The Bertz CT molecular complexity index is 2300. The molecule has 0 radical (unpaired) electrons. The molecule has 1 atom stereocenters. The standard InChI is InChI=1S/C39H37IN2O7S/c1-7-47-38(44)34-23(4)41-39-42(35(34)25-15-16-30(49-22(2)3)31(18-25)45-5)37(43)33(50-39)19-27-17-28(40)20-32(46-6)36(27)48-21-26-13-10-12-24-11-8-9-14-29(24)26/h8-20,22,35H,7,21H2,1-6H3/b33-19+/t35-/m1/s1. The lowest BCUT2D eigenvalue weighted by Crippen LogP contribution is -2.40. The minimum atomic E-state index is -0.818. The molecule has 1 aromatic heterocycles. The third kappa shape index (κ3) is 7.02. The normalized spacial score (nSPS) is 14.4. The molecule has 0 saturated heterocycles. The molecule has 0 N–H and O–H groups in total. The topological polar surface area (TPSA) is 97.6 Å². The first-order chi connectivity index (χ1) is 24.1. The van der Waals surface area contributed by atoms with Crippen molar-refractivity contribution >= 4 is 56.7 Å². The molecule has 1 aliphatic rings. The largest absolute Gasteiger partial charge is 0.493 e. The highest BCUT2D eigenvalue weighted by Gasteiger charge is 2.34. The van der Waals surface area contributed by atoms with Crippen LogP contribution in [0.5, 0.6) is 23.0 Å². The molecule has 0 bridgehead atoms. The number of hydrogen-bond acceptors (Lipinski definition) is 9. The quantitative estimate of drug-likeness (QED) is 0.106. The van der Waals surface area contributed by atoms with Crippen LogP contribution in [0.25, 0.3) is 16.8 Å². The molecule has 11 heteroatoms. The third-order valence-corrected chi connectivity index (χ3v) is 9.80. The molecule has 5 aromatic rings. The summed E-state index contributed by atoms with van der Waals surface area (Å²) >= 11 is 3.46. The highest BCUT2D eigenvalue weighted by atomic mass is 127. The van der Waals surface area contributed by atoms with Crippen LogP contribution < -0.4 is 33.8 Å². The number of hydrogen-bond donors (Lipinski definition) is 0. The van der Waals surface area contributed by atoms with E-state index >= 15 is 0 Å². The first-order valence-electron chi connectivity index (χ1n) is 16.1. The van der Waals surface area contributed by atoms with Crippen LogP contribution >= 0.6 is 33.9 Å². The molecule has 0 saturated carbocycles. The summed E-state index contributed by atoms with van der Waals surface area (Å²) in [4.78, 5) is 33.1.